The number of aryl methyl sites for hydroxylation is 1. The minimum atomic E-state index is 0.816. The first-order chi connectivity index (χ1) is 12.8. The molecular weight excluding hydrogens is 318 g/mol. The van der Waals surface area contributed by atoms with Crippen molar-refractivity contribution in [3.05, 3.63) is 71.4 Å². The van der Waals surface area contributed by atoms with E-state index in [1.165, 1.54) is 53.5 Å². The largest absolute Gasteiger partial charge is 0.343 e. The maximum absolute atomic E-state index is 3.71. The molecule has 0 aliphatic carbocycles. The topological polar surface area (TPSA) is 29.0 Å². The van der Waals surface area contributed by atoms with E-state index in [4.69, 9.17) is 0 Å². The number of hydrogen-bond acceptors (Lipinski definition) is 2. The molecule has 26 heavy (non-hydrogen) atoms. The first-order valence-corrected chi connectivity index (χ1v) is 9.84. The molecule has 1 aliphatic heterocycles. The van der Waals surface area contributed by atoms with Crippen LogP contribution in [0.3, 0.4) is 0 Å². The van der Waals surface area contributed by atoms with Crippen molar-refractivity contribution in [2.45, 2.75) is 32.9 Å². The van der Waals surface area contributed by atoms with E-state index in [9.17, 15) is 0 Å². The summed E-state index contributed by atoms with van der Waals surface area (Å²) in [6, 6.07) is 17.5. The summed E-state index contributed by atoms with van der Waals surface area (Å²) in [6.45, 7) is 7.54. The molecule has 1 aliphatic rings. The maximum Gasteiger partial charge on any atom is 0.0486 e. The van der Waals surface area contributed by atoms with Gasteiger partial charge in [-0.05, 0) is 68.1 Å². The van der Waals surface area contributed by atoms with Crippen molar-refractivity contribution < 1.29 is 0 Å². The number of nitrogens with zero attached hydrogens (tertiary/aromatic N) is 1. The molecule has 2 N–H and O–H groups in total. The van der Waals surface area contributed by atoms with E-state index in [2.05, 4.69) is 76.9 Å². The van der Waals surface area contributed by atoms with Crippen molar-refractivity contribution in [2.24, 2.45) is 5.92 Å². The quantitative estimate of drug-likeness (QED) is 0.703. The number of fused-ring (bicyclic) bond motifs is 1. The van der Waals surface area contributed by atoms with Gasteiger partial charge in [0.2, 0.25) is 0 Å². The molecule has 1 aromatic heterocycles. The van der Waals surface area contributed by atoms with Crippen LogP contribution < -0.4 is 10.6 Å². The molecular formula is C23H29N3. The molecule has 1 saturated heterocycles. The molecule has 0 bridgehead atoms. The molecule has 2 aromatic carbocycles. The van der Waals surface area contributed by atoms with Gasteiger partial charge in [0.25, 0.3) is 0 Å². The number of para-hydroxylation sites is 1. The Kier molecular flexibility index (Phi) is 5.37. The number of piperidine rings is 1. The van der Waals surface area contributed by atoms with Gasteiger partial charge in [-0.2, -0.15) is 0 Å². The summed E-state index contributed by atoms with van der Waals surface area (Å²) in [5.74, 6) is 0.816. The molecule has 0 radical (unpaired) electrons. The number of nitrogens with one attached hydrogen (secondary N) is 2. The van der Waals surface area contributed by atoms with E-state index >= 15 is 0 Å². The fraction of sp³-hybridized carbons (Fsp3) is 0.391. The van der Waals surface area contributed by atoms with Gasteiger partial charge in [-0.25, -0.2) is 0 Å². The Morgan fingerprint density at radius 2 is 1.77 bits per heavy atom. The van der Waals surface area contributed by atoms with Crippen LogP contribution >= 0.6 is 0 Å². The molecule has 0 atom stereocenters. The summed E-state index contributed by atoms with van der Waals surface area (Å²) in [5.41, 5.74) is 5.48. The molecule has 0 spiro atoms. The second-order valence-electron chi connectivity index (χ2n) is 7.55. The smallest absolute Gasteiger partial charge is 0.0486 e. The molecule has 0 amide bonds. The summed E-state index contributed by atoms with van der Waals surface area (Å²) in [4.78, 5) is 0. The standard InChI is InChI=1S/C23H29N3/c1-18-6-2-3-7-20(18)16-26-17-21(22-8-4-5-9-23(22)26)15-25-14-19-10-12-24-13-11-19/h2-9,17,19,24-25H,10-16H2,1H3. The van der Waals surface area contributed by atoms with Gasteiger partial charge in [0, 0.05) is 30.2 Å². The van der Waals surface area contributed by atoms with E-state index in [1.54, 1.807) is 0 Å². The zero-order valence-electron chi connectivity index (χ0n) is 15.7. The summed E-state index contributed by atoms with van der Waals surface area (Å²) in [7, 11) is 0. The molecule has 0 saturated carbocycles. The maximum atomic E-state index is 3.71. The highest BCUT2D eigenvalue weighted by molar-refractivity contribution is 5.84. The summed E-state index contributed by atoms with van der Waals surface area (Å²) < 4.78 is 2.40. The van der Waals surface area contributed by atoms with Crippen LogP contribution in [-0.4, -0.2) is 24.2 Å². The van der Waals surface area contributed by atoms with Gasteiger partial charge in [-0.15, -0.1) is 0 Å². The van der Waals surface area contributed by atoms with E-state index in [0.29, 0.717) is 0 Å². The average molecular weight is 348 g/mol. The Morgan fingerprint density at radius 3 is 2.62 bits per heavy atom. The molecule has 3 aromatic rings. The monoisotopic (exact) mass is 347 g/mol. The Labute approximate surface area is 156 Å². The van der Waals surface area contributed by atoms with Crippen LogP contribution in [-0.2, 0) is 13.1 Å². The summed E-state index contributed by atoms with van der Waals surface area (Å²) in [6.07, 6.45) is 4.93. The number of aromatic nitrogens is 1. The highest BCUT2D eigenvalue weighted by atomic mass is 15.0. The van der Waals surface area contributed by atoms with Gasteiger partial charge in [-0.1, -0.05) is 42.5 Å². The van der Waals surface area contributed by atoms with Crippen LogP contribution in [0.2, 0.25) is 0 Å². The lowest BCUT2D eigenvalue weighted by Gasteiger charge is -2.22. The van der Waals surface area contributed by atoms with E-state index < -0.39 is 0 Å². The van der Waals surface area contributed by atoms with Crippen LogP contribution in [0.4, 0.5) is 0 Å². The SMILES string of the molecule is Cc1ccccc1Cn1cc(CNCC2CCNCC2)c2ccccc21. The zero-order chi connectivity index (χ0) is 17.8. The Morgan fingerprint density at radius 1 is 1.00 bits per heavy atom. The molecule has 1 fully saturated rings. The lowest BCUT2D eigenvalue weighted by atomic mass is 9.98. The molecule has 4 rings (SSSR count). The Bertz CT molecular complexity index is 859. The van der Waals surface area contributed by atoms with Crippen molar-refractivity contribution in [3.63, 3.8) is 0 Å². The first-order valence-electron chi connectivity index (χ1n) is 9.84. The normalized spacial score (nSPS) is 15.6. The summed E-state index contributed by atoms with van der Waals surface area (Å²) in [5, 5.41) is 8.53. The molecule has 2 heterocycles. The van der Waals surface area contributed by atoms with E-state index in [1.807, 2.05) is 0 Å². The highest BCUT2D eigenvalue weighted by Gasteiger charge is 2.13. The lowest BCUT2D eigenvalue weighted by molar-refractivity contribution is 0.356. The molecule has 3 heteroatoms. The van der Waals surface area contributed by atoms with Crippen LogP contribution in [0, 0.1) is 12.8 Å². The predicted octanol–water partition coefficient (Wildman–Crippen LogP) is 4.09. The van der Waals surface area contributed by atoms with Gasteiger partial charge in [0.05, 0.1) is 0 Å². The van der Waals surface area contributed by atoms with Crippen LogP contribution in [0.1, 0.15) is 29.5 Å². The third kappa shape index (κ3) is 3.84. The van der Waals surface area contributed by atoms with Crippen molar-refractivity contribution in [1.29, 1.82) is 0 Å². The highest BCUT2D eigenvalue weighted by Crippen LogP contribution is 2.23. The van der Waals surface area contributed by atoms with E-state index in [-0.39, 0.29) is 0 Å². The average Bonchev–Trinajstić information content (AvgIpc) is 3.02. The molecule has 136 valence electrons. The number of benzene rings is 2. The Hall–Kier alpha value is -2.10. The van der Waals surface area contributed by atoms with Crippen LogP contribution in [0.5, 0.6) is 0 Å². The predicted molar refractivity (Wildman–Crippen MR) is 110 cm³/mol. The van der Waals surface area contributed by atoms with Crippen LogP contribution in [0.25, 0.3) is 10.9 Å². The van der Waals surface area contributed by atoms with E-state index in [0.717, 1.165) is 25.6 Å². The van der Waals surface area contributed by atoms with Gasteiger partial charge < -0.3 is 15.2 Å². The van der Waals surface area contributed by atoms with Crippen molar-refractivity contribution in [3.8, 4) is 0 Å². The molecule has 3 nitrogen and oxygen atoms in total. The third-order valence-corrected chi connectivity index (χ3v) is 5.68. The number of hydrogen-bond donors (Lipinski definition) is 2. The van der Waals surface area contributed by atoms with Crippen molar-refractivity contribution in [2.75, 3.05) is 19.6 Å². The Balaban J connectivity index is 1.51. The molecule has 0 unspecified atom stereocenters. The van der Waals surface area contributed by atoms with Crippen molar-refractivity contribution in [1.82, 2.24) is 15.2 Å². The fourth-order valence-electron chi connectivity index (χ4n) is 4.06. The van der Waals surface area contributed by atoms with Crippen LogP contribution in [0.15, 0.2) is 54.7 Å². The first kappa shape index (κ1) is 17.3. The van der Waals surface area contributed by atoms with Crippen molar-refractivity contribution >= 4 is 10.9 Å². The van der Waals surface area contributed by atoms with Gasteiger partial charge in [-0.3, -0.25) is 0 Å². The van der Waals surface area contributed by atoms with Gasteiger partial charge >= 0.3 is 0 Å². The fourth-order valence-corrected chi connectivity index (χ4v) is 4.06. The zero-order valence-corrected chi connectivity index (χ0v) is 15.7. The lowest BCUT2D eigenvalue weighted by Crippen LogP contribution is -2.33. The van der Waals surface area contributed by atoms with Gasteiger partial charge in [0.15, 0.2) is 0 Å². The second kappa shape index (κ2) is 8.07. The van der Waals surface area contributed by atoms with Gasteiger partial charge in [0.1, 0.15) is 0 Å². The minimum absolute atomic E-state index is 0.816. The second-order valence-corrected chi connectivity index (χ2v) is 7.55. The number of rotatable bonds is 6. The third-order valence-electron chi connectivity index (χ3n) is 5.68. The summed E-state index contributed by atoms with van der Waals surface area (Å²) >= 11 is 0. The minimum Gasteiger partial charge on any atom is -0.343 e.